The molecule has 0 unspecified atom stereocenters. The van der Waals surface area contributed by atoms with Crippen LogP contribution >= 0.6 is 24.0 Å². The molecule has 1 heterocycles. The van der Waals surface area contributed by atoms with E-state index in [2.05, 4.69) is 10.1 Å². The van der Waals surface area contributed by atoms with E-state index in [1.54, 1.807) is 4.90 Å². The predicted molar refractivity (Wildman–Crippen MR) is 85.5 cm³/mol. The Morgan fingerprint density at radius 1 is 1.47 bits per heavy atom. The van der Waals surface area contributed by atoms with Crippen molar-refractivity contribution in [1.82, 2.24) is 10.1 Å². The van der Waals surface area contributed by atoms with Gasteiger partial charge in [-0.1, -0.05) is 5.16 Å². The van der Waals surface area contributed by atoms with Gasteiger partial charge in [-0.25, -0.2) is 4.99 Å². The largest absolute Gasteiger partial charge is 0.370 e. The fourth-order valence-electron chi connectivity index (χ4n) is 1.09. The molecule has 1 rings (SSSR count). The van der Waals surface area contributed by atoms with Gasteiger partial charge >= 0.3 is 0 Å². The highest BCUT2D eigenvalue weighted by Crippen LogP contribution is 2.13. The van der Waals surface area contributed by atoms with Gasteiger partial charge in [0.25, 0.3) is 0 Å². The van der Waals surface area contributed by atoms with Crippen LogP contribution in [0.1, 0.15) is 32.2 Å². The first-order valence-corrected chi connectivity index (χ1v) is 5.83. The van der Waals surface area contributed by atoms with Crippen LogP contribution in [0.4, 0.5) is 0 Å². The van der Waals surface area contributed by atoms with E-state index >= 15 is 0 Å². The fraction of sp³-hybridized carbons (Fsp3) is 0.667. The monoisotopic (exact) mass is 382 g/mol. The number of rotatable bonds is 4. The lowest BCUT2D eigenvalue weighted by Crippen LogP contribution is -2.30. The van der Waals surface area contributed by atoms with Gasteiger partial charge in [-0.3, -0.25) is 0 Å². The number of halogens is 1. The lowest BCUT2D eigenvalue weighted by molar-refractivity contribution is -0.0241. The van der Waals surface area contributed by atoms with Crippen molar-refractivity contribution in [1.29, 1.82) is 0 Å². The lowest BCUT2D eigenvalue weighted by atomic mass is 10.2. The molecule has 1 aromatic heterocycles. The lowest BCUT2D eigenvalue weighted by Gasteiger charge is -2.17. The Morgan fingerprint density at radius 3 is 2.63 bits per heavy atom. The van der Waals surface area contributed by atoms with E-state index in [1.807, 2.05) is 40.9 Å². The minimum Gasteiger partial charge on any atom is -0.370 e. The number of ether oxygens (including phenoxy) is 1. The zero-order chi connectivity index (χ0) is 13.8. The molecule has 2 N–H and O–H groups in total. The Hall–Kier alpha value is -0.830. The van der Waals surface area contributed by atoms with Crippen molar-refractivity contribution in [2.75, 3.05) is 14.1 Å². The van der Waals surface area contributed by atoms with Crippen molar-refractivity contribution in [3.63, 3.8) is 0 Å². The van der Waals surface area contributed by atoms with E-state index in [4.69, 9.17) is 15.0 Å². The summed E-state index contributed by atoms with van der Waals surface area (Å²) in [6.07, 6.45) is 0. The van der Waals surface area contributed by atoms with Crippen LogP contribution in [0.25, 0.3) is 0 Å². The van der Waals surface area contributed by atoms with E-state index in [0.717, 1.165) is 5.69 Å². The van der Waals surface area contributed by atoms with E-state index in [1.165, 1.54) is 0 Å². The van der Waals surface area contributed by atoms with Crippen molar-refractivity contribution in [2.24, 2.45) is 10.7 Å². The van der Waals surface area contributed by atoms with E-state index in [9.17, 15) is 0 Å². The molecule has 0 atom stereocenters. The second-order valence-electron chi connectivity index (χ2n) is 5.25. The Bertz CT molecular complexity index is 410. The average molecular weight is 382 g/mol. The van der Waals surface area contributed by atoms with Crippen LogP contribution in [0.5, 0.6) is 0 Å². The molecule has 6 nitrogen and oxygen atoms in total. The van der Waals surface area contributed by atoms with Gasteiger partial charge in [0.2, 0.25) is 0 Å². The van der Waals surface area contributed by atoms with Gasteiger partial charge in [-0.05, 0) is 20.8 Å². The Morgan fingerprint density at radius 2 is 2.11 bits per heavy atom. The molecule has 0 spiro atoms. The highest BCUT2D eigenvalue weighted by atomic mass is 127. The number of aromatic nitrogens is 1. The SMILES string of the molecule is CN(C)C(N)=NCc1cc(COC(C)(C)C)on1.I. The van der Waals surface area contributed by atoms with E-state index in [0.29, 0.717) is 24.9 Å². The molecule has 0 aliphatic carbocycles. The van der Waals surface area contributed by atoms with Crippen molar-refractivity contribution >= 4 is 29.9 Å². The number of aliphatic imine (C=N–C) groups is 1. The van der Waals surface area contributed by atoms with Crippen molar-refractivity contribution in [2.45, 2.75) is 39.5 Å². The molecule has 19 heavy (non-hydrogen) atoms. The maximum atomic E-state index is 5.68. The zero-order valence-electron chi connectivity index (χ0n) is 12.1. The highest BCUT2D eigenvalue weighted by Gasteiger charge is 2.12. The van der Waals surface area contributed by atoms with E-state index in [-0.39, 0.29) is 29.6 Å². The van der Waals surface area contributed by atoms with Crippen LogP contribution < -0.4 is 5.73 Å². The summed E-state index contributed by atoms with van der Waals surface area (Å²) in [6.45, 7) is 6.79. The molecule has 1 aromatic rings. The second-order valence-corrected chi connectivity index (χ2v) is 5.25. The zero-order valence-corrected chi connectivity index (χ0v) is 14.5. The van der Waals surface area contributed by atoms with Gasteiger partial charge in [0.15, 0.2) is 11.7 Å². The molecule has 0 saturated carbocycles. The smallest absolute Gasteiger partial charge is 0.191 e. The Balaban J connectivity index is 0.00000324. The molecular formula is C12H23IN4O2. The minimum absolute atomic E-state index is 0. The third-order valence-corrected chi connectivity index (χ3v) is 2.12. The van der Waals surface area contributed by atoms with E-state index < -0.39 is 0 Å². The normalized spacial score (nSPS) is 12.2. The molecule has 0 aromatic carbocycles. The highest BCUT2D eigenvalue weighted by molar-refractivity contribution is 14.0. The summed E-state index contributed by atoms with van der Waals surface area (Å²) in [4.78, 5) is 5.91. The standard InChI is InChI=1S/C12H22N4O2.HI/c1-12(2,3)17-8-10-6-9(15-18-10)7-14-11(13)16(4)5;/h6H,7-8H2,1-5H3,(H2,13,14);1H. The van der Waals surface area contributed by atoms with Gasteiger partial charge in [0.1, 0.15) is 12.3 Å². The molecule has 110 valence electrons. The van der Waals surface area contributed by atoms with Crippen molar-refractivity contribution in [3.05, 3.63) is 17.5 Å². The van der Waals surface area contributed by atoms with Crippen LogP contribution in [0.15, 0.2) is 15.6 Å². The van der Waals surface area contributed by atoms with Gasteiger partial charge in [-0.2, -0.15) is 0 Å². The van der Waals surface area contributed by atoms with Crippen LogP contribution in [0.2, 0.25) is 0 Å². The second kappa shape index (κ2) is 7.68. The fourth-order valence-corrected chi connectivity index (χ4v) is 1.09. The molecule has 0 saturated heterocycles. The molecule has 0 amide bonds. The molecule has 7 heteroatoms. The average Bonchev–Trinajstić information content (AvgIpc) is 2.70. The number of nitrogens with zero attached hydrogens (tertiary/aromatic N) is 3. The summed E-state index contributed by atoms with van der Waals surface area (Å²) in [5.74, 6) is 1.16. The minimum atomic E-state index is -0.194. The van der Waals surface area contributed by atoms with Crippen molar-refractivity contribution < 1.29 is 9.26 Å². The number of guanidine groups is 1. The van der Waals surface area contributed by atoms with Gasteiger partial charge in [-0.15, -0.1) is 24.0 Å². The van der Waals surface area contributed by atoms with Crippen LogP contribution in [0.3, 0.4) is 0 Å². The van der Waals surface area contributed by atoms with Gasteiger partial charge in [0, 0.05) is 20.2 Å². The maximum absolute atomic E-state index is 5.68. The summed E-state index contributed by atoms with van der Waals surface area (Å²) in [5, 5.41) is 3.91. The quantitative estimate of drug-likeness (QED) is 0.490. The summed E-state index contributed by atoms with van der Waals surface area (Å²) in [6, 6.07) is 1.83. The third kappa shape index (κ3) is 7.36. The Labute approximate surface area is 131 Å². The number of hydrogen-bond acceptors (Lipinski definition) is 4. The first-order valence-electron chi connectivity index (χ1n) is 5.83. The summed E-state index contributed by atoms with van der Waals surface area (Å²) in [5.41, 5.74) is 6.23. The summed E-state index contributed by atoms with van der Waals surface area (Å²) >= 11 is 0. The molecule has 0 aliphatic heterocycles. The van der Waals surface area contributed by atoms with Crippen LogP contribution in [0, 0.1) is 0 Å². The molecule has 0 radical (unpaired) electrons. The number of nitrogens with two attached hydrogens (primary N) is 1. The van der Waals surface area contributed by atoms with Crippen molar-refractivity contribution in [3.8, 4) is 0 Å². The molecule has 0 aliphatic rings. The summed E-state index contributed by atoms with van der Waals surface area (Å²) in [7, 11) is 3.68. The first-order chi connectivity index (χ1) is 8.28. The first kappa shape index (κ1) is 18.2. The number of hydrogen-bond donors (Lipinski definition) is 1. The van der Waals surface area contributed by atoms with Crippen LogP contribution in [-0.4, -0.2) is 35.7 Å². The van der Waals surface area contributed by atoms with Gasteiger partial charge in [0.05, 0.1) is 12.1 Å². The maximum Gasteiger partial charge on any atom is 0.191 e. The molecule has 0 fully saturated rings. The third-order valence-electron chi connectivity index (χ3n) is 2.12. The molecule has 0 bridgehead atoms. The Kier molecular flexibility index (Phi) is 7.35. The summed E-state index contributed by atoms with van der Waals surface area (Å²) < 4.78 is 10.7. The topological polar surface area (TPSA) is 76.9 Å². The molecular weight excluding hydrogens is 359 g/mol. The van der Waals surface area contributed by atoms with Gasteiger partial charge < -0.3 is 19.9 Å². The van der Waals surface area contributed by atoms with Crippen LogP contribution in [-0.2, 0) is 17.9 Å². The predicted octanol–water partition coefficient (Wildman–Crippen LogP) is 1.98.